The molecule has 0 aliphatic carbocycles. The van der Waals surface area contributed by atoms with Gasteiger partial charge in [-0.15, -0.1) is 0 Å². The van der Waals surface area contributed by atoms with Crippen LogP contribution in [0.15, 0.2) is 12.2 Å². The number of unbranched alkanes of at least 4 members (excludes halogenated alkanes) is 2. The first-order valence-electron chi connectivity index (χ1n) is 6.22. The van der Waals surface area contributed by atoms with Crippen molar-refractivity contribution in [2.45, 2.75) is 38.7 Å². The summed E-state index contributed by atoms with van der Waals surface area (Å²) in [5.74, 6) is 0. The van der Waals surface area contributed by atoms with Crippen molar-refractivity contribution in [3.8, 4) is 0 Å². The smallest absolute Gasteiger partial charge is 0.130 e. The SMILES string of the molecule is CCCC/C=C/CC[N+](C)(C)CC1CO1. The summed E-state index contributed by atoms with van der Waals surface area (Å²) < 4.78 is 6.36. The number of epoxide rings is 1. The fourth-order valence-corrected chi connectivity index (χ4v) is 1.80. The van der Waals surface area contributed by atoms with E-state index in [2.05, 4.69) is 33.2 Å². The van der Waals surface area contributed by atoms with Gasteiger partial charge in [0.1, 0.15) is 12.6 Å². The first-order chi connectivity index (χ1) is 7.14. The predicted octanol–water partition coefficient (Wildman–Crippen LogP) is 2.60. The Balaban J connectivity index is 2.03. The minimum absolute atomic E-state index is 0.545. The molecule has 0 bridgehead atoms. The summed E-state index contributed by atoms with van der Waals surface area (Å²) in [7, 11) is 4.59. The molecule has 1 saturated heterocycles. The van der Waals surface area contributed by atoms with Crippen molar-refractivity contribution in [1.82, 2.24) is 0 Å². The molecule has 0 aromatic heterocycles. The van der Waals surface area contributed by atoms with Gasteiger partial charge in [-0.1, -0.05) is 31.9 Å². The average molecular weight is 212 g/mol. The van der Waals surface area contributed by atoms with E-state index in [-0.39, 0.29) is 0 Å². The van der Waals surface area contributed by atoms with Gasteiger partial charge in [-0.25, -0.2) is 0 Å². The maximum absolute atomic E-state index is 5.27. The van der Waals surface area contributed by atoms with Gasteiger partial charge in [0.15, 0.2) is 0 Å². The highest BCUT2D eigenvalue weighted by Crippen LogP contribution is 2.14. The van der Waals surface area contributed by atoms with Crippen molar-refractivity contribution in [3.05, 3.63) is 12.2 Å². The summed E-state index contributed by atoms with van der Waals surface area (Å²) in [6.45, 7) is 5.61. The average Bonchev–Trinajstić information content (AvgIpc) is 2.94. The normalized spacial score (nSPS) is 21.1. The number of rotatable bonds is 8. The molecule has 1 fully saturated rings. The quantitative estimate of drug-likeness (QED) is 0.261. The van der Waals surface area contributed by atoms with Gasteiger partial charge in [-0.05, 0) is 6.42 Å². The molecular weight excluding hydrogens is 186 g/mol. The molecular formula is C13H26NO+. The number of hydrogen-bond acceptors (Lipinski definition) is 1. The number of allylic oxidation sites excluding steroid dienone is 1. The molecule has 15 heavy (non-hydrogen) atoms. The summed E-state index contributed by atoms with van der Waals surface area (Å²) in [5, 5.41) is 0. The van der Waals surface area contributed by atoms with Crippen LogP contribution in [0, 0.1) is 0 Å². The van der Waals surface area contributed by atoms with Crippen LogP contribution in [-0.2, 0) is 4.74 Å². The summed E-state index contributed by atoms with van der Waals surface area (Å²) in [6, 6.07) is 0. The van der Waals surface area contributed by atoms with E-state index in [9.17, 15) is 0 Å². The Morgan fingerprint density at radius 3 is 2.53 bits per heavy atom. The van der Waals surface area contributed by atoms with Crippen LogP contribution in [0.25, 0.3) is 0 Å². The van der Waals surface area contributed by atoms with Crippen LogP contribution < -0.4 is 0 Å². The molecule has 0 spiro atoms. The van der Waals surface area contributed by atoms with Crippen LogP contribution in [-0.4, -0.2) is 44.4 Å². The van der Waals surface area contributed by atoms with Crippen molar-refractivity contribution in [2.24, 2.45) is 0 Å². The Labute approximate surface area is 94.5 Å². The van der Waals surface area contributed by atoms with Crippen molar-refractivity contribution in [2.75, 3.05) is 33.8 Å². The number of likely N-dealkylation sites (N-methyl/N-ethyl adjacent to an activating group) is 1. The van der Waals surface area contributed by atoms with Gasteiger partial charge in [0.2, 0.25) is 0 Å². The lowest BCUT2D eigenvalue weighted by molar-refractivity contribution is -0.890. The molecule has 1 atom stereocenters. The van der Waals surface area contributed by atoms with Gasteiger partial charge in [0.05, 0.1) is 27.2 Å². The first kappa shape index (κ1) is 12.7. The van der Waals surface area contributed by atoms with Crippen LogP contribution in [0.5, 0.6) is 0 Å². The molecule has 0 radical (unpaired) electrons. The summed E-state index contributed by atoms with van der Waals surface area (Å²) in [6.07, 6.45) is 10.3. The summed E-state index contributed by atoms with van der Waals surface area (Å²) in [5.41, 5.74) is 0. The topological polar surface area (TPSA) is 12.5 Å². The van der Waals surface area contributed by atoms with E-state index >= 15 is 0 Å². The number of nitrogens with zero attached hydrogens (tertiary/aromatic N) is 1. The second-order valence-electron chi connectivity index (χ2n) is 5.20. The van der Waals surface area contributed by atoms with Crippen LogP contribution in [0.4, 0.5) is 0 Å². The lowest BCUT2D eigenvalue weighted by Crippen LogP contribution is -2.43. The van der Waals surface area contributed by atoms with E-state index in [1.54, 1.807) is 0 Å². The van der Waals surface area contributed by atoms with Gasteiger partial charge < -0.3 is 9.22 Å². The maximum Gasteiger partial charge on any atom is 0.130 e. The Kier molecular flexibility index (Phi) is 5.34. The third kappa shape index (κ3) is 6.69. The van der Waals surface area contributed by atoms with Crippen LogP contribution in [0.1, 0.15) is 32.6 Å². The fourth-order valence-electron chi connectivity index (χ4n) is 1.80. The molecule has 1 unspecified atom stereocenters. The zero-order chi connectivity index (χ0) is 11.1. The maximum atomic E-state index is 5.27. The zero-order valence-corrected chi connectivity index (χ0v) is 10.5. The van der Waals surface area contributed by atoms with Gasteiger partial charge >= 0.3 is 0 Å². The molecule has 0 N–H and O–H groups in total. The highest BCUT2D eigenvalue weighted by atomic mass is 16.6. The minimum atomic E-state index is 0.545. The number of hydrogen-bond donors (Lipinski definition) is 0. The van der Waals surface area contributed by atoms with Crippen molar-refractivity contribution in [3.63, 3.8) is 0 Å². The summed E-state index contributed by atoms with van der Waals surface area (Å²) in [4.78, 5) is 0. The molecule has 2 heteroatoms. The lowest BCUT2D eigenvalue weighted by Gasteiger charge is -2.28. The largest absolute Gasteiger partial charge is 0.367 e. The van der Waals surface area contributed by atoms with E-state index < -0.39 is 0 Å². The highest BCUT2D eigenvalue weighted by Gasteiger charge is 2.30. The molecule has 0 saturated carbocycles. The van der Waals surface area contributed by atoms with E-state index in [4.69, 9.17) is 4.74 Å². The fraction of sp³-hybridized carbons (Fsp3) is 0.846. The Morgan fingerprint density at radius 1 is 1.27 bits per heavy atom. The van der Waals surface area contributed by atoms with Crippen LogP contribution >= 0.6 is 0 Å². The monoisotopic (exact) mass is 212 g/mol. The Hall–Kier alpha value is -0.340. The highest BCUT2D eigenvalue weighted by molar-refractivity contribution is 4.81. The Bertz CT molecular complexity index is 195. The van der Waals surface area contributed by atoms with Gasteiger partial charge in [0, 0.05) is 6.42 Å². The number of quaternary nitrogens is 1. The van der Waals surface area contributed by atoms with Crippen molar-refractivity contribution >= 4 is 0 Å². The van der Waals surface area contributed by atoms with Gasteiger partial charge in [-0.2, -0.15) is 0 Å². The van der Waals surface area contributed by atoms with E-state index in [0.29, 0.717) is 6.10 Å². The molecule has 0 aromatic carbocycles. The van der Waals surface area contributed by atoms with Crippen molar-refractivity contribution < 1.29 is 9.22 Å². The molecule has 1 rings (SSSR count). The molecule has 1 aliphatic rings. The lowest BCUT2D eigenvalue weighted by atomic mass is 10.2. The molecule has 1 heterocycles. The Morgan fingerprint density at radius 2 is 1.93 bits per heavy atom. The third-order valence-corrected chi connectivity index (χ3v) is 2.89. The molecule has 88 valence electrons. The minimum Gasteiger partial charge on any atom is -0.367 e. The standard InChI is InChI=1S/C13H26NO/c1-4-5-6-7-8-9-10-14(2,3)11-13-12-15-13/h7-8,13H,4-6,9-12H2,1-3H3/q+1/b8-7+. The second kappa shape index (κ2) is 6.29. The second-order valence-corrected chi connectivity index (χ2v) is 5.20. The molecule has 0 aromatic rings. The van der Waals surface area contributed by atoms with E-state index in [1.165, 1.54) is 38.8 Å². The predicted molar refractivity (Wildman–Crippen MR) is 64.9 cm³/mol. The number of ether oxygens (including phenoxy) is 1. The molecule has 2 nitrogen and oxygen atoms in total. The molecule has 1 aliphatic heterocycles. The summed E-state index contributed by atoms with van der Waals surface area (Å²) >= 11 is 0. The van der Waals surface area contributed by atoms with Crippen molar-refractivity contribution in [1.29, 1.82) is 0 Å². The first-order valence-corrected chi connectivity index (χ1v) is 6.22. The third-order valence-electron chi connectivity index (χ3n) is 2.89. The van der Waals surface area contributed by atoms with E-state index in [1.807, 2.05) is 0 Å². The van der Waals surface area contributed by atoms with Crippen LogP contribution in [0.3, 0.4) is 0 Å². The van der Waals surface area contributed by atoms with Crippen LogP contribution in [0.2, 0.25) is 0 Å². The van der Waals surface area contributed by atoms with Gasteiger partial charge in [0.25, 0.3) is 0 Å². The van der Waals surface area contributed by atoms with Gasteiger partial charge in [-0.3, -0.25) is 0 Å². The van der Waals surface area contributed by atoms with E-state index in [0.717, 1.165) is 11.1 Å². The molecule has 0 amide bonds. The zero-order valence-electron chi connectivity index (χ0n) is 10.5.